The predicted octanol–water partition coefficient (Wildman–Crippen LogP) is 8.97. The lowest BCUT2D eigenvalue weighted by Crippen LogP contribution is -1.96. The van der Waals surface area contributed by atoms with Crippen LogP contribution in [0.5, 0.6) is 0 Å². The van der Waals surface area contributed by atoms with Gasteiger partial charge in [-0.25, -0.2) is 4.98 Å². The molecule has 0 bridgehead atoms. The summed E-state index contributed by atoms with van der Waals surface area (Å²) in [6.07, 6.45) is 2.83. The Morgan fingerprint density at radius 1 is 0.595 bits per heavy atom. The number of fused-ring (bicyclic) bond motifs is 7. The van der Waals surface area contributed by atoms with Crippen molar-refractivity contribution in [3.8, 4) is 39.5 Å². The van der Waals surface area contributed by atoms with Gasteiger partial charge in [0.05, 0.1) is 27.8 Å². The summed E-state index contributed by atoms with van der Waals surface area (Å²) in [5.74, 6) is 0.966. The third-order valence-electron chi connectivity index (χ3n) is 8.79. The average Bonchev–Trinajstić information content (AvgIpc) is 3.69. The molecule has 8 aromatic rings. The number of pyridine rings is 1. The summed E-state index contributed by atoms with van der Waals surface area (Å²) in [5.41, 5.74) is 14.3. The van der Waals surface area contributed by atoms with E-state index in [1.54, 1.807) is 0 Å². The van der Waals surface area contributed by atoms with Gasteiger partial charge in [0.15, 0.2) is 0 Å². The van der Waals surface area contributed by atoms with Crippen LogP contribution in [0.2, 0.25) is 0 Å². The first-order valence-electron chi connectivity index (χ1n) is 14.4. The smallest absolute Gasteiger partial charge is 0.140 e. The van der Waals surface area contributed by atoms with Crippen LogP contribution in [0.3, 0.4) is 0 Å². The quantitative estimate of drug-likeness (QED) is 0.225. The summed E-state index contributed by atoms with van der Waals surface area (Å²) in [5, 5.41) is 2.52. The van der Waals surface area contributed by atoms with E-state index in [2.05, 4.69) is 124 Å². The minimum Gasteiger partial charge on any atom is -0.327 e. The zero-order chi connectivity index (χ0) is 27.8. The van der Waals surface area contributed by atoms with E-state index < -0.39 is 0 Å². The molecule has 1 aliphatic carbocycles. The highest BCUT2D eigenvalue weighted by Crippen LogP contribution is 2.43. The molecule has 0 saturated carbocycles. The zero-order valence-corrected chi connectivity index (χ0v) is 23.1. The van der Waals surface area contributed by atoms with E-state index in [0.717, 1.165) is 45.8 Å². The maximum absolute atomic E-state index is 5.02. The van der Waals surface area contributed by atoms with Crippen LogP contribution in [-0.4, -0.2) is 19.1 Å². The molecule has 4 nitrogen and oxygen atoms in total. The summed E-state index contributed by atoms with van der Waals surface area (Å²) < 4.78 is 4.61. The molecule has 5 aromatic carbocycles. The van der Waals surface area contributed by atoms with Crippen LogP contribution in [-0.2, 0) is 13.5 Å². The largest absolute Gasteiger partial charge is 0.327 e. The molecule has 9 rings (SSSR count). The van der Waals surface area contributed by atoms with Gasteiger partial charge in [-0.05, 0) is 83.3 Å². The molecule has 0 atom stereocenters. The lowest BCUT2D eigenvalue weighted by atomic mass is 10.0. The molecule has 0 unspecified atom stereocenters. The fraction of sp³-hybridized carbons (Fsp3) is 0.0526. The van der Waals surface area contributed by atoms with Crippen LogP contribution < -0.4 is 0 Å². The fourth-order valence-corrected chi connectivity index (χ4v) is 6.81. The Kier molecular flexibility index (Phi) is 4.85. The van der Waals surface area contributed by atoms with Gasteiger partial charge in [0, 0.05) is 40.8 Å². The van der Waals surface area contributed by atoms with E-state index in [-0.39, 0.29) is 0 Å². The average molecular weight is 539 g/mol. The molecule has 0 radical (unpaired) electrons. The van der Waals surface area contributed by atoms with Crippen molar-refractivity contribution in [1.29, 1.82) is 0 Å². The van der Waals surface area contributed by atoms with Crippen LogP contribution in [0.15, 0.2) is 128 Å². The molecule has 4 heteroatoms. The molecule has 3 aromatic heterocycles. The van der Waals surface area contributed by atoms with Crippen molar-refractivity contribution in [2.45, 2.75) is 6.42 Å². The third-order valence-corrected chi connectivity index (χ3v) is 8.79. The van der Waals surface area contributed by atoms with Gasteiger partial charge in [-0.3, -0.25) is 4.98 Å². The van der Waals surface area contributed by atoms with Crippen molar-refractivity contribution in [2.75, 3.05) is 0 Å². The van der Waals surface area contributed by atoms with Crippen LogP contribution in [0, 0.1) is 0 Å². The second kappa shape index (κ2) is 8.76. The number of para-hydroxylation sites is 2. The lowest BCUT2D eigenvalue weighted by molar-refractivity contribution is 0.959. The second-order valence-corrected chi connectivity index (χ2v) is 11.2. The van der Waals surface area contributed by atoms with Crippen LogP contribution >= 0.6 is 0 Å². The summed E-state index contributed by atoms with van der Waals surface area (Å²) in [6.45, 7) is 0. The van der Waals surface area contributed by atoms with Crippen LogP contribution in [0.4, 0.5) is 0 Å². The van der Waals surface area contributed by atoms with E-state index in [4.69, 9.17) is 4.98 Å². The Balaban J connectivity index is 1.34. The molecule has 0 amide bonds. The summed E-state index contributed by atoms with van der Waals surface area (Å²) in [6, 6.07) is 43.6. The molecule has 198 valence electrons. The van der Waals surface area contributed by atoms with Crippen molar-refractivity contribution < 1.29 is 0 Å². The number of rotatable bonds is 3. The first-order chi connectivity index (χ1) is 20.7. The van der Waals surface area contributed by atoms with Gasteiger partial charge >= 0.3 is 0 Å². The highest BCUT2D eigenvalue weighted by Gasteiger charge is 2.23. The Bertz CT molecular complexity index is 2340. The molecule has 3 heterocycles. The van der Waals surface area contributed by atoms with Gasteiger partial charge in [0.1, 0.15) is 5.82 Å². The third kappa shape index (κ3) is 3.36. The number of aromatic nitrogens is 4. The molecule has 0 spiro atoms. The molecule has 0 fully saturated rings. The van der Waals surface area contributed by atoms with E-state index in [1.807, 2.05) is 24.4 Å². The number of imidazole rings is 1. The van der Waals surface area contributed by atoms with E-state index in [0.29, 0.717) is 0 Å². The number of benzene rings is 5. The van der Waals surface area contributed by atoms with Gasteiger partial charge in [0.2, 0.25) is 0 Å². The van der Waals surface area contributed by atoms with Gasteiger partial charge in [0.25, 0.3) is 0 Å². The molecule has 0 saturated heterocycles. The number of nitrogens with zero attached hydrogens (tertiary/aromatic N) is 4. The van der Waals surface area contributed by atoms with Gasteiger partial charge in [-0.1, -0.05) is 66.7 Å². The summed E-state index contributed by atoms with van der Waals surface area (Å²) in [4.78, 5) is 9.65. The van der Waals surface area contributed by atoms with Gasteiger partial charge in [-0.2, -0.15) is 0 Å². The van der Waals surface area contributed by atoms with Crippen molar-refractivity contribution in [1.82, 2.24) is 19.1 Å². The standard InChI is InChI=1S/C38H26N4/c1-41-35-15-5-4-14-34(35)40-38(41)26-16-17-30-32-21-27-19-24-9-2-3-12-29(24)31(27)23-37(32)42(36(30)22-26)28-11-8-10-25(20-28)33-13-6-7-18-39-33/h2-18,20-23H,19H2,1H3. The van der Waals surface area contributed by atoms with Gasteiger partial charge in [-0.15, -0.1) is 0 Å². The van der Waals surface area contributed by atoms with Gasteiger partial charge < -0.3 is 9.13 Å². The van der Waals surface area contributed by atoms with Crippen molar-refractivity contribution >= 4 is 32.8 Å². The molecule has 0 aliphatic heterocycles. The molecule has 0 N–H and O–H groups in total. The topological polar surface area (TPSA) is 35.6 Å². The van der Waals surface area contributed by atoms with E-state index in [9.17, 15) is 0 Å². The Hall–Kier alpha value is -5.48. The Morgan fingerprint density at radius 3 is 2.36 bits per heavy atom. The summed E-state index contributed by atoms with van der Waals surface area (Å²) in [7, 11) is 2.10. The van der Waals surface area contributed by atoms with E-state index >= 15 is 0 Å². The number of hydrogen-bond acceptors (Lipinski definition) is 2. The van der Waals surface area contributed by atoms with Crippen LogP contribution in [0.25, 0.3) is 72.3 Å². The predicted molar refractivity (Wildman–Crippen MR) is 172 cm³/mol. The zero-order valence-electron chi connectivity index (χ0n) is 23.1. The first-order valence-corrected chi connectivity index (χ1v) is 14.4. The molecular weight excluding hydrogens is 512 g/mol. The van der Waals surface area contributed by atoms with Crippen molar-refractivity contribution in [3.05, 3.63) is 139 Å². The monoisotopic (exact) mass is 538 g/mol. The summed E-state index contributed by atoms with van der Waals surface area (Å²) >= 11 is 0. The second-order valence-electron chi connectivity index (χ2n) is 11.2. The lowest BCUT2D eigenvalue weighted by Gasteiger charge is -2.12. The Labute approximate surface area is 243 Å². The molecule has 1 aliphatic rings. The minimum atomic E-state index is 0.966. The van der Waals surface area contributed by atoms with Crippen molar-refractivity contribution in [2.24, 2.45) is 7.05 Å². The first kappa shape index (κ1) is 23.2. The number of aryl methyl sites for hydroxylation is 1. The highest BCUT2D eigenvalue weighted by molar-refractivity contribution is 6.12. The highest BCUT2D eigenvalue weighted by atomic mass is 15.1. The van der Waals surface area contributed by atoms with E-state index in [1.165, 1.54) is 44.1 Å². The maximum Gasteiger partial charge on any atom is 0.140 e. The van der Waals surface area contributed by atoms with Crippen molar-refractivity contribution in [3.63, 3.8) is 0 Å². The normalized spacial score (nSPS) is 12.3. The Morgan fingerprint density at radius 2 is 1.45 bits per heavy atom. The number of hydrogen-bond donors (Lipinski definition) is 0. The SMILES string of the molecule is Cn1c(-c2ccc3c4cc5c(cc4n(-c4cccc(-c6ccccn6)c4)c3c2)-c2ccccc2C5)nc2ccccc21. The van der Waals surface area contributed by atoms with Crippen LogP contribution in [0.1, 0.15) is 11.1 Å². The molecular formula is C38H26N4. The maximum atomic E-state index is 5.02. The molecule has 42 heavy (non-hydrogen) atoms. The fourth-order valence-electron chi connectivity index (χ4n) is 6.81. The minimum absolute atomic E-state index is 0.966.